The summed E-state index contributed by atoms with van der Waals surface area (Å²) in [6.45, 7) is -0.360. The standard InChI is InChI=1S/C8H10F3N5O3/c9-8(10,11)2-1-3-19-6-5(16(17)18)4-13-7(14-6)15-12/h4H,1-3,12H2,(H,13,14,15). The van der Waals surface area contributed by atoms with Crippen molar-refractivity contribution in [3.8, 4) is 5.88 Å². The predicted octanol–water partition coefficient (Wildman–Crippen LogP) is 1.39. The Hall–Kier alpha value is -2.17. The van der Waals surface area contributed by atoms with E-state index >= 15 is 0 Å². The molecule has 19 heavy (non-hydrogen) atoms. The minimum Gasteiger partial charge on any atom is -0.473 e. The van der Waals surface area contributed by atoms with Crippen molar-refractivity contribution in [3.63, 3.8) is 0 Å². The van der Waals surface area contributed by atoms with Gasteiger partial charge in [0.05, 0.1) is 11.5 Å². The molecule has 0 atom stereocenters. The topological polar surface area (TPSA) is 116 Å². The zero-order chi connectivity index (χ0) is 14.5. The minimum atomic E-state index is -4.30. The fourth-order valence-electron chi connectivity index (χ4n) is 1.10. The number of nitro groups is 1. The Morgan fingerprint density at radius 3 is 2.74 bits per heavy atom. The molecule has 0 bridgehead atoms. The number of nitrogens with zero attached hydrogens (tertiary/aromatic N) is 3. The van der Waals surface area contributed by atoms with E-state index in [-0.39, 0.29) is 19.0 Å². The summed E-state index contributed by atoms with van der Waals surface area (Å²) in [5, 5.41) is 10.6. The lowest BCUT2D eigenvalue weighted by Crippen LogP contribution is -2.13. The molecular weight excluding hydrogens is 271 g/mol. The van der Waals surface area contributed by atoms with Crippen LogP contribution >= 0.6 is 0 Å². The molecule has 0 spiro atoms. The summed E-state index contributed by atoms with van der Waals surface area (Å²) in [5.74, 6) is 4.43. The van der Waals surface area contributed by atoms with Gasteiger partial charge < -0.3 is 4.74 Å². The average Bonchev–Trinajstić information content (AvgIpc) is 2.33. The third kappa shape index (κ3) is 4.91. The van der Waals surface area contributed by atoms with E-state index in [1.54, 1.807) is 0 Å². The fourth-order valence-corrected chi connectivity index (χ4v) is 1.10. The number of nitrogen functional groups attached to an aromatic ring is 1. The molecule has 0 aliphatic heterocycles. The molecule has 0 amide bonds. The van der Waals surface area contributed by atoms with E-state index in [1.807, 2.05) is 5.43 Å². The third-order valence-corrected chi connectivity index (χ3v) is 1.90. The molecule has 1 rings (SSSR count). The molecular formula is C8H10F3N5O3. The molecule has 8 nitrogen and oxygen atoms in total. The number of ether oxygens (including phenoxy) is 1. The number of alkyl halides is 3. The number of halogens is 3. The molecule has 0 unspecified atom stereocenters. The van der Waals surface area contributed by atoms with Crippen LogP contribution in [0, 0.1) is 10.1 Å². The van der Waals surface area contributed by atoms with Crippen LogP contribution in [0.2, 0.25) is 0 Å². The first-order valence-electron chi connectivity index (χ1n) is 5.01. The first-order chi connectivity index (χ1) is 8.83. The highest BCUT2D eigenvalue weighted by atomic mass is 19.4. The van der Waals surface area contributed by atoms with Gasteiger partial charge in [-0.1, -0.05) is 0 Å². The van der Waals surface area contributed by atoms with Crippen LogP contribution in [0.5, 0.6) is 5.88 Å². The lowest BCUT2D eigenvalue weighted by Gasteiger charge is -2.08. The Morgan fingerprint density at radius 2 is 2.21 bits per heavy atom. The van der Waals surface area contributed by atoms with Crippen LogP contribution in [-0.4, -0.2) is 27.7 Å². The van der Waals surface area contributed by atoms with Crippen molar-refractivity contribution in [2.24, 2.45) is 5.84 Å². The number of hydrazine groups is 1. The van der Waals surface area contributed by atoms with E-state index in [0.717, 1.165) is 6.20 Å². The Morgan fingerprint density at radius 1 is 1.53 bits per heavy atom. The van der Waals surface area contributed by atoms with E-state index in [1.165, 1.54) is 0 Å². The van der Waals surface area contributed by atoms with Crippen molar-refractivity contribution >= 4 is 11.6 Å². The van der Waals surface area contributed by atoms with Gasteiger partial charge in [-0.15, -0.1) is 0 Å². The van der Waals surface area contributed by atoms with Crippen LogP contribution < -0.4 is 16.0 Å². The van der Waals surface area contributed by atoms with E-state index < -0.39 is 29.1 Å². The van der Waals surface area contributed by atoms with Crippen LogP contribution in [0.3, 0.4) is 0 Å². The lowest BCUT2D eigenvalue weighted by molar-refractivity contribution is -0.386. The largest absolute Gasteiger partial charge is 0.473 e. The normalized spacial score (nSPS) is 11.2. The summed E-state index contributed by atoms with van der Waals surface area (Å²) in [6, 6.07) is 0. The number of hydrogen-bond acceptors (Lipinski definition) is 7. The van der Waals surface area contributed by atoms with Crippen molar-refractivity contribution in [3.05, 3.63) is 16.3 Å². The fraction of sp³-hybridized carbons (Fsp3) is 0.500. The number of hydrogen-bond donors (Lipinski definition) is 2. The van der Waals surface area contributed by atoms with Gasteiger partial charge in [-0.25, -0.2) is 10.8 Å². The van der Waals surface area contributed by atoms with Gasteiger partial charge in [0, 0.05) is 6.42 Å². The molecule has 0 fully saturated rings. The Balaban J connectivity index is 2.67. The molecule has 11 heteroatoms. The van der Waals surface area contributed by atoms with E-state index in [4.69, 9.17) is 10.6 Å². The third-order valence-electron chi connectivity index (χ3n) is 1.90. The van der Waals surface area contributed by atoms with Gasteiger partial charge >= 0.3 is 11.9 Å². The van der Waals surface area contributed by atoms with Gasteiger partial charge in [0.15, 0.2) is 0 Å². The van der Waals surface area contributed by atoms with Crippen molar-refractivity contribution in [1.29, 1.82) is 0 Å². The molecule has 1 aromatic rings. The second-order valence-electron chi connectivity index (χ2n) is 3.35. The molecule has 1 aromatic heterocycles. The first-order valence-corrected chi connectivity index (χ1v) is 5.01. The molecule has 0 saturated carbocycles. The van der Waals surface area contributed by atoms with Gasteiger partial charge in [0.1, 0.15) is 6.20 Å². The number of nitrogens with one attached hydrogen (secondary N) is 1. The van der Waals surface area contributed by atoms with Crippen molar-refractivity contribution in [1.82, 2.24) is 9.97 Å². The summed E-state index contributed by atoms with van der Waals surface area (Å²) in [4.78, 5) is 16.9. The highest BCUT2D eigenvalue weighted by Gasteiger charge is 2.26. The number of aromatic nitrogens is 2. The quantitative estimate of drug-likeness (QED) is 0.350. The van der Waals surface area contributed by atoms with E-state index in [2.05, 4.69) is 9.97 Å². The zero-order valence-corrected chi connectivity index (χ0v) is 9.48. The number of nitrogens with two attached hydrogens (primary N) is 1. The summed E-state index contributed by atoms with van der Waals surface area (Å²) < 4.78 is 40.5. The SMILES string of the molecule is NNc1ncc([N+](=O)[O-])c(OCCCC(F)(F)F)n1. The van der Waals surface area contributed by atoms with E-state index in [9.17, 15) is 23.3 Å². The molecule has 0 aliphatic rings. The molecule has 0 aliphatic carbocycles. The van der Waals surface area contributed by atoms with E-state index in [0.29, 0.717) is 0 Å². The summed E-state index contributed by atoms with van der Waals surface area (Å²) in [6.07, 6.45) is -4.84. The molecule has 0 saturated heterocycles. The van der Waals surface area contributed by atoms with Crippen molar-refractivity contribution < 1.29 is 22.8 Å². The second kappa shape index (κ2) is 6.13. The summed E-state index contributed by atoms with van der Waals surface area (Å²) in [7, 11) is 0. The van der Waals surface area contributed by atoms with Gasteiger partial charge in [-0.2, -0.15) is 18.2 Å². The zero-order valence-electron chi connectivity index (χ0n) is 9.48. The molecule has 0 aromatic carbocycles. The number of anilines is 1. The summed E-state index contributed by atoms with van der Waals surface area (Å²) >= 11 is 0. The molecule has 1 heterocycles. The average molecular weight is 281 g/mol. The van der Waals surface area contributed by atoms with Crippen LogP contribution in [0.25, 0.3) is 0 Å². The highest BCUT2D eigenvalue weighted by Crippen LogP contribution is 2.25. The Labute approximate surface area is 104 Å². The van der Waals surface area contributed by atoms with Crippen LogP contribution in [0.15, 0.2) is 6.20 Å². The highest BCUT2D eigenvalue weighted by molar-refractivity contribution is 5.42. The van der Waals surface area contributed by atoms with Crippen molar-refractivity contribution in [2.45, 2.75) is 19.0 Å². The van der Waals surface area contributed by atoms with Gasteiger partial charge in [0.2, 0.25) is 5.95 Å². The van der Waals surface area contributed by atoms with Crippen LogP contribution in [-0.2, 0) is 0 Å². The molecule has 0 radical (unpaired) electrons. The molecule has 106 valence electrons. The Kier molecular flexibility index (Phi) is 4.80. The minimum absolute atomic E-state index is 0.142. The van der Waals surface area contributed by atoms with Gasteiger partial charge in [0.25, 0.3) is 5.88 Å². The predicted molar refractivity (Wildman–Crippen MR) is 57.3 cm³/mol. The first kappa shape index (κ1) is 14.9. The maximum absolute atomic E-state index is 11.9. The lowest BCUT2D eigenvalue weighted by atomic mass is 10.3. The second-order valence-corrected chi connectivity index (χ2v) is 3.35. The monoisotopic (exact) mass is 281 g/mol. The maximum atomic E-state index is 11.9. The summed E-state index contributed by atoms with van der Waals surface area (Å²) in [5.41, 5.74) is 1.49. The van der Waals surface area contributed by atoms with Gasteiger partial charge in [-0.3, -0.25) is 15.5 Å². The van der Waals surface area contributed by atoms with Gasteiger partial charge in [-0.05, 0) is 6.42 Å². The van der Waals surface area contributed by atoms with Crippen LogP contribution in [0.1, 0.15) is 12.8 Å². The van der Waals surface area contributed by atoms with Crippen molar-refractivity contribution in [2.75, 3.05) is 12.0 Å². The Bertz CT molecular complexity index is 454. The van der Waals surface area contributed by atoms with Crippen LogP contribution in [0.4, 0.5) is 24.8 Å². The number of rotatable bonds is 6. The molecule has 3 N–H and O–H groups in total. The smallest absolute Gasteiger partial charge is 0.389 e. The maximum Gasteiger partial charge on any atom is 0.389 e.